The van der Waals surface area contributed by atoms with Crippen LogP contribution in [0, 0.1) is 10.1 Å². The van der Waals surface area contributed by atoms with Crippen LogP contribution in [0.5, 0.6) is 0 Å². The molecule has 0 aliphatic heterocycles. The molecule has 2 rings (SSSR count). The van der Waals surface area contributed by atoms with E-state index in [-0.39, 0.29) is 5.69 Å². The van der Waals surface area contributed by atoms with Crippen LogP contribution in [-0.2, 0) is 0 Å². The first-order valence-electron chi connectivity index (χ1n) is 4.17. The topological polar surface area (TPSA) is 68.1 Å². The Morgan fingerprint density at radius 2 is 2.20 bits per heavy atom. The molecule has 2 aromatic rings. The Balaban J connectivity index is 2.32. The van der Waals surface area contributed by atoms with Crippen LogP contribution in [0.1, 0.15) is 0 Å². The molecule has 0 unspecified atom stereocenters. The minimum absolute atomic E-state index is 0.0488. The fourth-order valence-corrected chi connectivity index (χ4v) is 1.68. The number of thiazole rings is 1. The average Bonchev–Trinajstić information content (AvgIpc) is 2.71. The highest BCUT2D eigenvalue weighted by Crippen LogP contribution is 2.27. The second kappa shape index (κ2) is 4.05. The van der Waals surface area contributed by atoms with E-state index in [9.17, 15) is 10.1 Å². The summed E-state index contributed by atoms with van der Waals surface area (Å²) in [5.41, 5.74) is 0.505. The van der Waals surface area contributed by atoms with E-state index in [4.69, 9.17) is 0 Å². The van der Waals surface area contributed by atoms with Crippen molar-refractivity contribution in [1.29, 1.82) is 0 Å². The van der Waals surface area contributed by atoms with Crippen LogP contribution in [0.15, 0.2) is 35.8 Å². The summed E-state index contributed by atoms with van der Waals surface area (Å²) in [5.74, 6) is 0. The number of benzene rings is 1. The average molecular weight is 221 g/mol. The molecule has 0 amide bonds. The molecule has 1 heterocycles. The summed E-state index contributed by atoms with van der Waals surface area (Å²) < 4.78 is 0. The number of nitro groups is 1. The first kappa shape index (κ1) is 9.60. The van der Waals surface area contributed by atoms with Crippen LogP contribution < -0.4 is 5.32 Å². The quantitative estimate of drug-likeness (QED) is 0.639. The molecule has 0 atom stereocenters. The lowest BCUT2D eigenvalue weighted by Crippen LogP contribution is -1.95. The molecule has 0 spiro atoms. The Morgan fingerprint density at radius 1 is 1.40 bits per heavy atom. The number of anilines is 2. The summed E-state index contributed by atoms with van der Waals surface area (Å²) in [7, 11) is 0. The highest BCUT2D eigenvalue weighted by atomic mass is 32.1. The first-order chi connectivity index (χ1) is 7.27. The van der Waals surface area contributed by atoms with Gasteiger partial charge in [-0.1, -0.05) is 12.1 Å². The molecule has 0 saturated carbocycles. The van der Waals surface area contributed by atoms with E-state index in [0.717, 1.165) is 0 Å². The van der Waals surface area contributed by atoms with Crippen molar-refractivity contribution in [3.8, 4) is 0 Å². The van der Waals surface area contributed by atoms with Gasteiger partial charge in [0.1, 0.15) is 5.69 Å². The third-order valence-electron chi connectivity index (χ3n) is 1.77. The maximum Gasteiger partial charge on any atom is 0.292 e. The number of nitro benzene ring substituents is 1. The van der Waals surface area contributed by atoms with Gasteiger partial charge in [-0.25, -0.2) is 4.98 Å². The molecule has 0 fully saturated rings. The smallest absolute Gasteiger partial charge is 0.292 e. The van der Waals surface area contributed by atoms with Crippen molar-refractivity contribution in [2.24, 2.45) is 0 Å². The fourth-order valence-electron chi connectivity index (χ4n) is 1.14. The van der Waals surface area contributed by atoms with Gasteiger partial charge in [0.15, 0.2) is 5.13 Å². The van der Waals surface area contributed by atoms with Crippen LogP contribution in [0.4, 0.5) is 16.5 Å². The van der Waals surface area contributed by atoms with Crippen molar-refractivity contribution in [2.45, 2.75) is 0 Å². The van der Waals surface area contributed by atoms with Crippen molar-refractivity contribution < 1.29 is 4.92 Å². The van der Waals surface area contributed by atoms with E-state index in [2.05, 4.69) is 10.3 Å². The van der Waals surface area contributed by atoms with Crippen LogP contribution >= 0.6 is 11.3 Å². The summed E-state index contributed by atoms with van der Waals surface area (Å²) >= 11 is 1.39. The zero-order chi connectivity index (χ0) is 10.7. The molecule has 5 nitrogen and oxygen atoms in total. The molecule has 15 heavy (non-hydrogen) atoms. The number of aromatic nitrogens is 1. The number of hydrogen-bond acceptors (Lipinski definition) is 5. The summed E-state index contributed by atoms with van der Waals surface area (Å²) in [6.45, 7) is 0. The lowest BCUT2D eigenvalue weighted by Gasteiger charge is -2.02. The van der Waals surface area contributed by atoms with Gasteiger partial charge in [-0.15, -0.1) is 11.3 Å². The Labute approximate surface area is 89.6 Å². The highest BCUT2D eigenvalue weighted by molar-refractivity contribution is 7.13. The van der Waals surface area contributed by atoms with Crippen LogP contribution in [0.3, 0.4) is 0 Å². The zero-order valence-electron chi connectivity index (χ0n) is 7.58. The third-order valence-corrected chi connectivity index (χ3v) is 2.46. The van der Waals surface area contributed by atoms with Crippen molar-refractivity contribution in [1.82, 2.24) is 4.98 Å². The Morgan fingerprint density at radius 3 is 2.87 bits per heavy atom. The predicted molar refractivity (Wildman–Crippen MR) is 58.5 cm³/mol. The van der Waals surface area contributed by atoms with Gasteiger partial charge in [-0.05, 0) is 6.07 Å². The van der Waals surface area contributed by atoms with Crippen molar-refractivity contribution >= 4 is 27.8 Å². The van der Waals surface area contributed by atoms with Gasteiger partial charge in [0.05, 0.1) is 4.92 Å². The van der Waals surface area contributed by atoms with E-state index in [1.165, 1.54) is 17.4 Å². The van der Waals surface area contributed by atoms with Crippen LogP contribution in [-0.4, -0.2) is 9.91 Å². The summed E-state index contributed by atoms with van der Waals surface area (Å²) in [6, 6.07) is 6.48. The molecule has 0 saturated heterocycles. The third kappa shape index (κ3) is 2.10. The van der Waals surface area contributed by atoms with Gasteiger partial charge in [-0.2, -0.15) is 0 Å². The molecule has 1 aromatic carbocycles. The van der Waals surface area contributed by atoms with Gasteiger partial charge >= 0.3 is 0 Å². The van der Waals surface area contributed by atoms with E-state index in [0.29, 0.717) is 10.8 Å². The van der Waals surface area contributed by atoms with E-state index < -0.39 is 4.92 Å². The van der Waals surface area contributed by atoms with Gasteiger partial charge in [0.2, 0.25) is 0 Å². The fraction of sp³-hybridized carbons (Fsp3) is 0. The number of hydrogen-bond donors (Lipinski definition) is 1. The SMILES string of the molecule is O=[N+]([O-])c1ccccc1Nc1nccs1. The molecular formula is C9H7N3O2S. The van der Waals surface area contributed by atoms with E-state index >= 15 is 0 Å². The Kier molecular flexibility index (Phi) is 2.59. The van der Waals surface area contributed by atoms with Gasteiger partial charge in [-0.3, -0.25) is 10.1 Å². The van der Waals surface area contributed by atoms with E-state index in [1.54, 1.807) is 29.8 Å². The molecule has 1 aromatic heterocycles. The van der Waals surface area contributed by atoms with Crippen LogP contribution in [0.25, 0.3) is 0 Å². The Bertz CT molecular complexity index is 470. The number of rotatable bonds is 3. The lowest BCUT2D eigenvalue weighted by atomic mass is 10.3. The lowest BCUT2D eigenvalue weighted by molar-refractivity contribution is -0.383. The molecular weight excluding hydrogens is 214 g/mol. The molecule has 0 aliphatic rings. The largest absolute Gasteiger partial charge is 0.326 e. The second-order valence-corrected chi connectivity index (χ2v) is 3.63. The van der Waals surface area contributed by atoms with Crippen molar-refractivity contribution in [3.63, 3.8) is 0 Å². The van der Waals surface area contributed by atoms with Crippen LogP contribution in [0.2, 0.25) is 0 Å². The first-order valence-corrected chi connectivity index (χ1v) is 5.05. The normalized spacial score (nSPS) is 9.87. The maximum atomic E-state index is 10.7. The maximum absolute atomic E-state index is 10.7. The standard InChI is InChI=1S/C9H7N3O2S/c13-12(14)8-4-2-1-3-7(8)11-9-10-5-6-15-9/h1-6H,(H,10,11). The zero-order valence-corrected chi connectivity index (χ0v) is 8.40. The number of nitrogens with zero attached hydrogens (tertiary/aromatic N) is 2. The monoisotopic (exact) mass is 221 g/mol. The molecule has 6 heteroatoms. The molecule has 0 radical (unpaired) electrons. The van der Waals surface area contributed by atoms with E-state index in [1.807, 2.05) is 0 Å². The number of para-hydroxylation sites is 2. The summed E-state index contributed by atoms with van der Waals surface area (Å²) in [5, 5.41) is 16.0. The molecule has 0 aliphatic carbocycles. The van der Waals surface area contributed by atoms with Crippen molar-refractivity contribution in [3.05, 3.63) is 46.0 Å². The minimum Gasteiger partial charge on any atom is -0.326 e. The summed E-state index contributed by atoms with van der Waals surface area (Å²) in [4.78, 5) is 14.3. The number of nitrogens with one attached hydrogen (secondary N) is 1. The van der Waals surface area contributed by atoms with Gasteiger partial charge < -0.3 is 5.32 Å². The Hall–Kier alpha value is -1.95. The highest BCUT2D eigenvalue weighted by Gasteiger charge is 2.12. The predicted octanol–water partition coefficient (Wildman–Crippen LogP) is 2.79. The molecule has 76 valence electrons. The van der Waals surface area contributed by atoms with Crippen molar-refractivity contribution in [2.75, 3.05) is 5.32 Å². The second-order valence-electron chi connectivity index (χ2n) is 2.74. The minimum atomic E-state index is -0.421. The van der Waals surface area contributed by atoms with Gasteiger partial charge in [0, 0.05) is 17.6 Å². The van der Waals surface area contributed by atoms with Gasteiger partial charge in [0.25, 0.3) is 5.69 Å². The molecule has 1 N–H and O–H groups in total. The summed E-state index contributed by atoms with van der Waals surface area (Å²) in [6.07, 6.45) is 1.64. The molecule has 0 bridgehead atoms.